The van der Waals surface area contributed by atoms with Gasteiger partial charge in [0.25, 0.3) is 10.0 Å². The number of sulfonamides is 1. The molecule has 1 aromatic rings. The van der Waals surface area contributed by atoms with Crippen LogP contribution in [-0.4, -0.2) is 56.1 Å². The standard InChI is InChI=1S/C24H35N3O3S/c1-6-18(4)16-22(28)26-12-7-13-27(15-14-26)24-19(5)23(31(29,30)25-24)21-10-8-20(9-11-21)17(2)3/h8-11,17-18H,6-7,12-16H2,1-5H3/t18-/m1/s1. The van der Waals surface area contributed by atoms with Crippen LogP contribution < -0.4 is 0 Å². The van der Waals surface area contributed by atoms with E-state index < -0.39 is 10.0 Å². The molecule has 7 heteroatoms. The molecule has 3 rings (SSSR count). The van der Waals surface area contributed by atoms with Gasteiger partial charge in [-0.1, -0.05) is 58.4 Å². The van der Waals surface area contributed by atoms with Crippen molar-refractivity contribution in [3.05, 3.63) is 41.0 Å². The molecule has 0 unspecified atom stereocenters. The van der Waals surface area contributed by atoms with Gasteiger partial charge in [-0.25, -0.2) is 0 Å². The Bertz CT molecular complexity index is 978. The second-order valence-electron chi connectivity index (χ2n) is 9.06. The maximum atomic E-state index is 12.9. The van der Waals surface area contributed by atoms with E-state index in [1.807, 2.05) is 41.0 Å². The molecule has 0 saturated carbocycles. The van der Waals surface area contributed by atoms with Gasteiger partial charge in [0, 0.05) is 38.2 Å². The molecule has 0 spiro atoms. The Kier molecular flexibility index (Phi) is 7.24. The Morgan fingerprint density at radius 3 is 2.35 bits per heavy atom. The molecule has 1 fully saturated rings. The molecular weight excluding hydrogens is 410 g/mol. The Labute approximate surface area is 187 Å². The molecule has 170 valence electrons. The molecule has 1 saturated heterocycles. The normalized spacial score (nSPS) is 20.1. The van der Waals surface area contributed by atoms with Crippen molar-refractivity contribution in [3.8, 4) is 0 Å². The summed E-state index contributed by atoms with van der Waals surface area (Å²) in [5.74, 6) is 1.49. The van der Waals surface area contributed by atoms with Gasteiger partial charge in [0.2, 0.25) is 5.91 Å². The molecule has 0 radical (unpaired) electrons. The quantitative estimate of drug-likeness (QED) is 0.679. The summed E-state index contributed by atoms with van der Waals surface area (Å²) in [6.07, 6.45) is 2.36. The van der Waals surface area contributed by atoms with Gasteiger partial charge in [0.05, 0.1) is 0 Å². The highest BCUT2D eigenvalue weighted by atomic mass is 32.2. The lowest BCUT2D eigenvalue weighted by molar-refractivity contribution is -0.131. The molecule has 2 aliphatic heterocycles. The largest absolute Gasteiger partial charge is 0.354 e. The summed E-state index contributed by atoms with van der Waals surface area (Å²) in [5, 5.41) is 0. The van der Waals surface area contributed by atoms with E-state index in [4.69, 9.17) is 0 Å². The number of amidine groups is 1. The van der Waals surface area contributed by atoms with Gasteiger partial charge in [-0.05, 0) is 36.3 Å². The molecule has 1 amide bonds. The molecule has 1 atom stereocenters. The van der Waals surface area contributed by atoms with Gasteiger partial charge >= 0.3 is 0 Å². The first kappa shape index (κ1) is 23.5. The van der Waals surface area contributed by atoms with Crippen LogP contribution in [0.3, 0.4) is 0 Å². The number of hydrogen-bond donors (Lipinski definition) is 0. The highest BCUT2D eigenvalue weighted by Crippen LogP contribution is 2.34. The van der Waals surface area contributed by atoms with Crippen molar-refractivity contribution in [3.63, 3.8) is 0 Å². The van der Waals surface area contributed by atoms with Crippen LogP contribution in [0.25, 0.3) is 4.91 Å². The Balaban J connectivity index is 1.79. The van der Waals surface area contributed by atoms with Crippen molar-refractivity contribution in [2.45, 2.75) is 59.8 Å². The van der Waals surface area contributed by atoms with E-state index in [1.54, 1.807) is 0 Å². The molecule has 6 nitrogen and oxygen atoms in total. The van der Waals surface area contributed by atoms with Crippen molar-refractivity contribution >= 4 is 26.7 Å². The van der Waals surface area contributed by atoms with E-state index in [1.165, 1.54) is 5.56 Å². The number of nitrogens with zero attached hydrogens (tertiary/aromatic N) is 3. The van der Waals surface area contributed by atoms with Crippen molar-refractivity contribution in [2.24, 2.45) is 10.3 Å². The lowest BCUT2D eigenvalue weighted by atomic mass is 10.0. The van der Waals surface area contributed by atoms with Crippen LogP contribution in [0.4, 0.5) is 0 Å². The molecule has 0 aliphatic carbocycles. The first-order valence-electron chi connectivity index (χ1n) is 11.3. The van der Waals surface area contributed by atoms with E-state index >= 15 is 0 Å². The minimum Gasteiger partial charge on any atom is -0.354 e. The zero-order valence-electron chi connectivity index (χ0n) is 19.4. The van der Waals surface area contributed by atoms with Gasteiger partial charge in [-0.15, -0.1) is 4.40 Å². The Hall–Kier alpha value is -2.15. The molecule has 1 aromatic carbocycles. The minimum atomic E-state index is -3.74. The number of amides is 1. The highest BCUT2D eigenvalue weighted by Gasteiger charge is 2.34. The molecule has 0 bridgehead atoms. The van der Waals surface area contributed by atoms with E-state index in [-0.39, 0.29) is 5.91 Å². The lowest BCUT2D eigenvalue weighted by Gasteiger charge is -2.24. The summed E-state index contributed by atoms with van der Waals surface area (Å²) < 4.78 is 30.0. The molecule has 0 N–H and O–H groups in total. The number of carbonyl (C=O) groups is 1. The number of carbonyl (C=O) groups excluding carboxylic acids is 1. The Morgan fingerprint density at radius 1 is 1.06 bits per heavy atom. The maximum Gasteiger partial charge on any atom is 0.285 e. The lowest BCUT2D eigenvalue weighted by Crippen LogP contribution is -2.37. The SMILES string of the molecule is CC[C@@H](C)CC(=O)N1CCCN(C2=NS(=O)(=O)C(c3ccc(C(C)C)cc3)=C2C)CC1. The predicted octanol–water partition coefficient (Wildman–Crippen LogP) is 4.25. The maximum absolute atomic E-state index is 12.9. The first-order valence-corrected chi connectivity index (χ1v) is 12.8. The monoisotopic (exact) mass is 445 g/mol. The third-order valence-corrected chi connectivity index (χ3v) is 7.82. The average Bonchev–Trinajstić information content (AvgIpc) is 2.88. The minimum absolute atomic E-state index is 0.190. The fourth-order valence-corrected chi connectivity index (χ4v) is 5.64. The fourth-order valence-electron chi connectivity index (χ4n) is 4.15. The summed E-state index contributed by atoms with van der Waals surface area (Å²) >= 11 is 0. The molecule has 0 aromatic heterocycles. The van der Waals surface area contributed by atoms with Gasteiger partial charge in [0.1, 0.15) is 10.7 Å². The van der Waals surface area contributed by atoms with Crippen LogP contribution in [0.5, 0.6) is 0 Å². The molecular formula is C24H35N3O3S. The topological polar surface area (TPSA) is 70.1 Å². The summed E-state index contributed by atoms with van der Waals surface area (Å²) in [6, 6.07) is 7.73. The van der Waals surface area contributed by atoms with Crippen LogP contribution in [0.2, 0.25) is 0 Å². The van der Waals surface area contributed by atoms with Gasteiger partial charge < -0.3 is 9.80 Å². The van der Waals surface area contributed by atoms with Crippen molar-refractivity contribution in [2.75, 3.05) is 26.2 Å². The summed E-state index contributed by atoms with van der Waals surface area (Å²) in [4.78, 5) is 16.8. The molecule has 2 aliphatic rings. The van der Waals surface area contributed by atoms with Gasteiger partial charge in [-0.2, -0.15) is 8.42 Å². The van der Waals surface area contributed by atoms with E-state index in [0.29, 0.717) is 66.3 Å². The van der Waals surface area contributed by atoms with Crippen LogP contribution in [0, 0.1) is 5.92 Å². The third kappa shape index (κ3) is 5.20. The zero-order valence-corrected chi connectivity index (χ0v) is 20.2. The molecule has 2 heterocycles. The van der Waals surface area contributed by atoms with Crippen LogP contribution in [-0.2, 0) is 14.8 Å². The van der Waals surface area contributed by atoms with Crippen molar-refractivity contribution in [1.29, 1.82) is 0 Å². The number of rotatable bonds is 5. The average molecular weight is 446 g/mol. The third-order valence-electron chi connectivity index (χ3n) is 6.35. The van der Waals surface area contributed by atoms with E-state index in [0.717, 1.165) is 12.8 Å². The summed E-state index contributed by atoms with van der Waals surface area (Å²) in [6.45, 7) is 12.9. The van der Waals surface area contributed by atoms with Crippen LogP contribution in [0.15, 0.2) is 34.2 Å². The van der Waals surface area contributed by atoms with Crippen molar-refractivity contribution < 1.29 is 13.2 Å². The number of benzene rings is 1. The highest BCUT2D eigenvalue weighted by molar-refractivity contribution is 8.00. The fraction of sp³-hybridized carbons (Fsp3) is 0.583. The summed E-state index contributed by atoms with van der Waals surface area (Å²) in [7, 11) is -3.74. The Morgan fingerprint density at radius 2 is 1.74 bits per heavy atom. The van der Waals surface area contributed by atoms with E-state index in [2.05, 4.69) is 32.1 Å². The van der Waals surface area contributed by atoms with Crippen LogP contribution in [0.1, 0.15) is 70.9 Å². The smallest absolute Gasteiger partial charge is 0.285 e. The zero-order chi connectivity index (χ0) is 22.8. The van der Waals surface area contributed by atoms with E-state index in [9.17, 15) is 13.2 Å². The second-order valence-corrected chi connectivity index (χ2v) is 10.6. The second kappa shape index (κ2) is 9.55. The van der Waals surface area contributed by atoms with Crippen molar-refractivity contribution in [1.82, 2.24) is 9.80 Å². The first-order chi connectivity index (χ1) is 14.6. The van der Waals surface area contributed by atoms with Gasteiger partial charge in [-0.3, -0.25) is 4.79 Å². The van der Waals surface area contributed by atoms with Crippen LogP contribution >= 0.6 is 0 Å². The number of hydrogen-bond acceptors (Lipinski definition) is 4. The van der Waals surface area contributed by atoms with Gasteiger partial charge in [0.15, 0.2) is 0 Å². The summed E-state index contributed by atoms with van der Waals surface area (Å²) in [5.41, 5.74) is 2.55. The predicted molar refractivity (Wildman–Crippen MR) is 126 cm³/mol. The molecule has 31 heavy (non-hydrogen) atoms.